The molecule has 1 saturated carbocycles. The zero-order valence-corrected chi connectivity index (χ0v) is 12.1. The molecule has 1 N–H and O–H groups in total. The van der Waals surface area contributed by atoms with Crippen LogP contribution >= 0.6 is 0 Å². The fourth-order valence-corrected chi connectivity index (χ4v) is 3.55. The average Bonchev–Trinajstić information content (AvgIpc) is 2.78. The van der Waals surface area contributed by atoms with E-state index < -0.39 is 0 Å². The second kappa shape index (κ2) is 6.05. The van der Waals surface area contributed by atoms with E-state index in [0.29, 0.717) is 17.9 Å². The highest BCUT2D eigenvalue weighted by molar-refractivity contribution is 5.82. The van der Waals surface area contributed by atoms with E-state index in [1.165, 1.54) is 25.7 Å². The fourth-order valence-electron chi connectivity index (χ4n) is 3.55. The van der Waals surface area contributed by atoms with Gasteiger partial charge in [0, 0.05) is 19.1 Å². The average molecular weight is 252 g/mol. The number of likely N-dealkylation sites (N-methyl/N-ethyl adjacent to an activating group) is 1. The van der Waals surface area contributed by atoms with Crippen LogP contribution in [-0.4, -0.2) is 36.0 Å². The maximum Gasteiger partial charge on any atom is 0.239 e. The van der Waals surface area contributed by atoms with E-state index >= 15 is 0 Å². The number of hydrogen-bond acceptors (Lipinski definition) is 2. The molecule has 0 spiro atoms. The molecule has 3 heteroatoms. The molecule has 3 unspecified atom stereocenters. The molecule has 1 heterocycles. The molecule has 3 nitrogen and oxygen atoms in total. The van der Waals surface area contributed by atoms with Gasteiger partial charge in [0.05, 0.1) is 6.04 Å². The van der Waals surface area contributed by atoms with Crippen molar-refractivity contribution in [2.45, 2.75) is 65.0 Å². The SMILES string of the molecule is CCN(CC(C)C)C(=O)C1CC2CCCCC2N1. The van der Waals surface area contributed by atoms with E-state index in [9.17, 15) is 4.79 Å². The molecule has 1 aliphatic carbocycles. The summed E-state index contributed by atoms with van der Waals surface area (Å²) < 4.78 is 0. The van der Waals surface area contributed by atoms with Crippen LogP contribution in [0.3, 0.4) is 0 Å². The van der Waals surface area contributed by atoms with Gasteiger partial charge in [-0.05, 0) is 38.0 Å². The molecule has 2 rings (SSSR count). The molecule has 1 saturated heterocycles. The number of amides is 1. The highest BCUT2D eigenvalue weighted by Crippen LogP contribution is 2.33. The van der Waals surface area contributed by atoms with E-state index in [0.717, 1.165) is 25.4 Å². The Kier molecular flexibility index (Phi) is 4.66. The summed E-state index contributed by atoms with van der Waals surface area (Å²) in [4.78, 5) is 14.5. The Bertz CT molecular complexity index is 276. The molecular weight excluding hydrogens is 224 g/mol. The molecule has 0 aromatic carbocycles. The largest absolute Gasteiger partial charge is 0.341 e. The van der Waals surface area contributed by atoms with Gasteiger partial charge in [-0.1, -0.05) is 26.7 Å². The molecule has 18 heavy (non-hydrogen) atoms. The van der Waals surface area contributed by atoms with Gasteiger partial charge in [-0.25, -0.2) is 0 Å². The number of nitrogens with zero attached hydrogens (tertiary/aromatic N) is 1. The summed E-state index contributed by atoms with van der Waals surface area (Å²) in [5.41, 5.74) is 0. The molecule has 1 aliphatic heterocycles. The Labute approximate surface area is 111 Å². The summed E-state index contributed by atoms with van der Waals surface area (Å²) in [6.07, 6.45) is 6.34. The van der Waals surface area contributed by atoms with E-state index in [2.05, 4.69) is 26.1 Å². The van der Waals surface area contributed by atoms with Gasteiger partial charge in [-0.2, -0.15) is 0 Å². The lowest BCUT2D eigenvalue weighted by Gasteiger charge is -2.26. The zero-order valence-electron chi connectivity index (χ0n) is 12.1. The third-order valence-corrected chi connectivity index (χ3v) is 4.44. The molecule has 3 atom stereocenters. The molecule has 0 aromatic rings. The number of fused-ring (bicyclic) bond motifs is 1. The third kappa shape index (κ3) is 3.05. The minimum atomic E-state index is 0.0943. The molecule has 2 aliphatic rings. The van der Waals surface area contributed by atoms with Crippen molar-refractivity contribution in [3.63, 3.8) is 0 Å². The van der Waals surface area contributed by atoms with Crippen LogP contribution in [0.2, 0.25) is 0 Å². The normalized spacial score (nSPS) is 31.4. The van der Waals surface area contributed by atoms with E-state index in [-0.39, 0.29) is 6.04 Å². The van der Waals surface area contributed by atoms with Gasteiger partial charge in [0.1, 0.15) is 0 Å². The summed E-state index contributed by atoms with van der Waals surface area (Å²) in [6.45, 7) is 8.17. The summed E-state index contributed by atoms with van der Waals surface area (Å²) in [5, 5.41) is 3.59. The zero-order chi connectivity index (χ0) is 13.1. The van der Waals surface area contributed by atoms with Crippen LogP contribution in [0.4, 0.5) is 0 Å². The first-order chi connectivity index (χ1) is 8.61. The van der Waals surface area contributed by atoms with Crippen molar-refractivity contribution in [2.75, 3.05) is 13.1 Å². The van der Waals surface area contributed by atoms with Crippen molar-refractivity contribution in [1.82, 2.24) is 10.2 Å². The summed E-state index contributed by atoms with van der Waals surface area (Å²) in [7, 11) is 0. The first kappa shape index (κ1) is 13.9. The quantitative estimate of drug-likeness (QED) is 0.833. The summed E-state index contributed by atoms with van der Waals surface area (Å²) in [6, 6.07) is 0.710. The van der Waals surface area contributed by atoms with Crippen molar-refractivity contribution >= 4 is 5.91 Å². The second-order valence-electron chi connectivity index (χ2n) is 6.38. The molecular formula is C15H28N2O. The monoisotopic (exact) mass is 252 g/mol. The van der Waals surface area contributed by atoms with Gasteiger partial charge < -0.3 is 10.2 Å². The van der Waals surface area contributed by atoms with Crippen LogP contribution in [0, 0.1) is 11.8 Å². The predicted octanol–water partition coefficient (Wildman–Crippen LogP) is 2.41. The van der Waals surface area contributed by atoms with E-state index in [1.807, 2.05) is 4.90 Å². The van der Waals surface area contributed by atoms with Gasteiger partial charge in [-0.3, -0.25) is 4.79 Å². The lowest BCUT2D eigenvalue weighted by atomic mass is 9.85. The topological polar surface area (TPSA) is 32.3 Å². The Morgan fingerprint density at radius 2 is 2.06 bits per heavy atom. The smallest absolute Gasteiger partial charge is 0.239 e. The molecule has 2 fully saturated rings. The molecule has 0 radical (unpaired) electrons. The standard InChI is InChI=1S/C15H28N2O/c1-4-17(10-11(2)3)15(18)14-9-12-7-5-6-8-13(12)16-14/h11-14,16H,4-10H2,1-3H3. The minimum Gasteiger partial charge on any atom is -0.341 e. The van der Waals surface area contributed by atoms with Crippen molar-refractivity contribution in [1.29, 1.82) is 0 Å². The maximum absolute atomic E-state index is 12.5. The van der Waals surface area contributed by atoms with Crippen LogP contribution in [0.15, 0.2) is 0 Å². The number of rotatable bonds is 4. The van der Waals surface area contributed by atoms with Gasteiger partial charge in [0.25, 0.3) is 0 Å². The van der Waals surface area contributed by atoms with Crippen LogP contribution in [0.1, 0.15) is 52.9 Å². The Hall–Kier alpha value is -0.570. The number of carbonyl (C=O) groups excluding carboxylic acids is 1. The van der Waals surface area contributed by atoms with Gasteiger partial charge >= 0.3 is 0 Å². The van der Waals surface area contributed by atoms with Crippen molar-refractivity contribution in [3.8, 4) is 0 Å². The van der Waals surface area contributed by atoms with Crippen LogP contribution in [-0.2, 0) is 4.79 Å². The highest BCUT2D eigenvalue weighted by Gasteiger charge is 2.39. The predicted molar refractivity (Wildman–Crippen MR) is 74.4 cm³/mol. The Balaban J connectivity index is 1.92. The van der Waals surface area contributed by atoms with Crippen molar-refractivity contribution in [2.24, 2.45) is 11.8 Å². The van der Waals surface area contributed by atoms with E-state index in [1.54, 1.807) is 0 Å². The van der Waals surface area contributed by atoms with Gasteiger partial charge in [0.2, 0.25) is 5.91 Å². The van der Waals surface area contributed by atoms with Gasteiger partial charge in [-0.15, -0.1) is 0 Å². The fraction of sp³-hybridized carbons (Fsp3) is 0.933. The molecule has 104 valence electrons. The summed E-state index contributed by atoms with van der Waals surface area (Å²) in [5.74, 6) is 1.64. The molecule has 0 bridgehead atoms. The lowest BCUT2D eigenvalue weighted by molar-refractivity contribution is -0.133. The van der Waals surface area contributed by atoms with Gasteiger partial charge in [0.15, 0.2) is 0 Å². The maximum atomic E-state index is 12.5. The lowest BCUT2D eigenvalue weighted by Crippen LogP contribution is -2.46. The Morgan fingerprint density at radius 3 is 2.67 bits per heavy atom. The third-order valence-electron chi connectivity index (χ3n) is 4.44. The van der Waals surface area contributed by atoms with E-state index in [4.69, 9.17) is 0 Å². The van der Waals surface area contributed by atoms with Crippen molar-refractivity contribution < 1.29 is 4.79 Å². The minimum absolute atomic E-state index is 0.0943. The number of nitrogens with one attached hydrogen (secondary N) is 1. The summed E-state index contributed by atoms with van der Waals surface area (Å²) >= 11 is 0. The molecule has 1 amide bonds. The highest BCUT2D eigenvalue weighted by atomic mass is 16.2. The first-order valence-corrected chi connectivity index (χ1v) is 7.66. The van der Waals surface area contributed by atoms with Crippen molar-refractivity contribution in [3.05, 3.63) is 0 Å². The number of hydrogen-bond donors (Lipinski definition) is 1. The Morgan fingerprint density at radius 1 is 1.33 bits per heavy atom. The van der Waals surface area contributed by atoms with Crippen LogP contribution < -0.4 is 5.32 Å². The number of carbonyl (C=O) groups is 1. The van der Waals surface area contributed by atoms with Crippen LogP contribution in [0.5, 0.6) is 0 Å². The second-order valence-corrected chi connectivity index (χ2v) is 6.38. The van der Waals surface area contributed by atoms with Crippen LogP contribution in [0.25, 0.3) is 0 Å². The first-order valence-electron chi connectivity index (χ1n) is 7.66. The molecule has 0 aromatic heterocycles.